The number of nitriles is 1. The van der Waals surface area contributed by atoms with Gasteiger partial charge < -0.3 is 0 Å². The van der Waals surface area contributed by atoms with Gasteiger partial charge in [0.15, 0.2) is 0 Å². The predicted octanol–water partition coefficient (Wildman–Crippen LogP) is 8.59. The number of hydrogen-bond acceptors (Lipinski definition) is 4. The van der Waals surface area contributed by atoms with Gasteiger partial charge in [-0.3, -0.25) is 0 Å². The molecule has 2 aromatic heterocycles. The normalized spacial score (nSPS) is 13.2. The molecule has 0 bridgehead atoms. The number of rotatable bonds is 14. The Morgan fingerprint density at radius 3 is 1.97 bits per heavy atom. The Labute approximate surface area is 219 Å². The first-order chi connectivity index (χ1) is 15.5. The molecule has 0 aliphatic carbocycles. The van der Waals surface area contributed by atoms with Crippen molar-refractivity contribution < 1.29 is 4.74 Å². The molecule has 0 saturated heterocycles. The van der Waals surface area contributed by atoms with Gasteiger partial charge in [0.1, 0.15) is 0 Å². The zero-order valence-electron chi connectivity index (χ0n) is 22.3. The monoisotopic (exact) mass is 703 g/mol. The van der Waals surface area contributed by atoms with Crippen molar-refractivity contribution in [3.63, 3.8) is 0 Å². The van der Waals surface area contributed by atoms with E-state index in [0.29, 0.717) is 5.92 Å². The predicted molar refractivity (Wildman–Crippen MR) is 156 cm³/mol. The summed E-state index contributed by atoms with van der Waals surface area (Å²) in [6.07, 6.45) is 10.4. The van der Waals surface area contributed by atoms with Crippen LogP contribution in [0.15, 0.2) is 12.1 Å². The van der Waals surface area contributed by atoms with E-state index in [2.05, 4.69) is 61.7 Å². The summed E-state index contributed by atoms with van der Waals surface area (Å²) in [5, 5.41) is 9.93. The fraction of sp³-hybridized carbons (Fsp3) is 0.667. The topological polar surface area (TPSA) is 33.0 Å². The molecule has 33 heavy (non-hydrogen) atoms. The number of ether oxygens (including phenoxy) is 1. The first-order valence-corrected chi connectivity index (χ1v) is 34.4. The summed E-state index contributed by atoms with van der Waals surface area (Å²) in [5.41, 5.74) is 0.853. The summed E-state index contributed by atoms with van der Waals surface area (Å²) in [7, 11) is 0. The molecule has 0 aliphatic heterocycles. The van der Waals surface area contributed by atoms with Crippen molar-refractivity contribution >= 4 is 65.2 Å². The Morgan fingerprint density at radius 1 is 0.818 bits per heavy atom. The second-order valence-corrected chi connectivity index (χ2v) is 44.4. The van der Waals surface area contributed by atoms with Gasteiger partial charge in [0.25, 0.3) is 0 Å². The van der Waals surface area contributed by atoms with Crippen LogP contribution in [0.25, 0.3) is 9.75 Å². The standard InChI is InChI=1S/C21H27NOS2.6CH3.2Sn/c1-3-5-7-8-10-17(9-6-4-2)16-23-19-12-14-25-21(19)20-18(15-22)11-13-24-20;;;;;;;;/h11-12,17H,3-10,16H2,1-2H3;6*1H3;;. The average Bonchev–Trinajstić information content (AvgIpc) is 3.36. The van der Waals surface area contributed by atoms with Gasteiger partial charge in [-0.05, 0) is 0 Å². The molecule has 1 atom stereocenters. The van der Waals surface area contributed by atoms with Crippen LogP contribution in [0.4, 0.5) is 0 Å². The zero-order valence-corrected chi connectivity index (χ0v) is 29.6. The zero-order chi connectivity index (χ0) is 24.6. The molecule has 2 aromatic rings. The van der Waals surface area contributed by atoms with Gasteiger partial charge in [-0.1, -0.05) is 0 Å². The fourth-order valence-corrected chi connectivity index (χ4v) is 16.6. The van der Waals surface area contributed by atoms with Crippen LogP contribution in [0.5, 0.6) is 5.75 Å². The summed E-state index contributed by atoms with van der Waals surface area (Å²) in [6.45, 7) is 5.38. The van der Waals surface area contributed by atoms with E-state index in [0.717, 1.165) is 22.8 Å². The molecule has 0 aromatic carbocycles. The van der Waals surface area contributed by atoms with Crippen LogP contribution in [0.3, 0.4) is 0 Å². The average molecular weight is 701 g/mol. The van der Waals surface area contributed by atoms with Crippen molar-refractivity contribution in [3.8, 4) is 21.6 Å². The van der Waals surface area contributed by atoms with Crippen molar-refractivity contribution in [2.24, 2.45) is 5.92 Å². The van der Waals surface area contributed by atoms with Crippen molar-refractivity contribution in [3.05, 3.63) is 17.7 Å². The third kappa shape index (κ3) is 9.02. The summed E-state index contributed by atoms with van der Waals surface area (Å²) < 4.78 is 9.66. The van der Waals surface area contributed by atoms with E-state index in [-0.39, 0.29) is 0 Å². The molecule has 0 amide bonds. The summed E-state index contributed by atoms with van der Waals surface area (Å²) >= 11 is -0.707. The Morgan fingerprint density at radius 2 is 1.39 bits per heavy atom. The van der Waals surface area contributed by atoms with E-state index in [9.17, 15) is 5.26 Å². The Hall–Kier alpha value is 0.287. The first kappa shape index (κ1) is 29.5. The molecule has 0 aliphatic rings. The van der Waals surface area contributed by atoms with Crippen molar-refractivity contribution in [1.82, 2.24) is 0 Å². The van der Waals surface area contributed by atoms with Gasteiger partial charge in [-0.2, -0.15) is 0 Å². The quantitative estimate of drug-likeness (QED) is 0.146. The van der Waals surface area contributed by atoms with E-state index >= 15 is 0 Å². The molecule has 2 heterocycles. The molecule has 2 rings (SSSR count). The number of thiophene rings is 2. The molecule has 2 nitrogen and oxygen atoms in total. The number of hydrogen-bond donors (Lipinski definition) is 0. The van der Waals surface area contributed by atoms with Crippen molar-refractivity contribution in [2.75, 3.05) is 6.61 Å². The Kier molecular flexibility index (Phi) is 12.1. The van der Waals surface area contributed by atoms with Crippen LogP contribution in [-0.4, -0.2) is 43.4 Å². The Balaban J connectivity index is 2.34. The van der Waals surface area contributed by atoms with E-state index in [1.807, 2.05) is 22.7 Å². The van der Waals surface area contributed by atoms with E-state index in [1.54, 1.807) is 2.89 Å². The SMILES string of the molecule is CCCCCCC(CCCC)COc1c[c]([Sn]([CH3])([CH3])[CH3])sc1-c1s[c]([Sn]([CH3])([CH3])[CH3])cc1C#N. The van der Waals surface area contributed by atoms with Crippen LogP contribution in [-0.2, 0) is 0 Å². The van der Waals surface area contributed by atoms with Crippen LogP contribution < -0.4 is 10.5 Å². The van der Waals surface area contributed by atoms with Gasteiger partial charge in [-0.15, -0.1) is 0 Å². The van der Waals surface area contributed by atoms with Crippen LogP contribution in [0.1, 0.15) is 70.8 Å². The van der Waals surface area contributed by atoms with E-state index in [4.69, 9.17) is 4.74 Å². The maximum atomic E-state index is 9.93. The van der Waals surface area contributed by atoms with Gasteiger partial charge in [0.05, 0.1) is 0 Å². The molecule has 0 radical (unpaired) electrons. The summed E-state index contributed by atoms with van der Waals surface area (Å²) in [6, 6.07) is 7.05. The third-order valence-corrected chi connectivity index (χ3v) is 27.4. The maximum absolute atomic E-state index is 9.93. The van der Waals surface area contributed by atoms with Crippen LogP contribution >= 0.6 is 22.7 Å². The number of unbranched alkanes of at least 4 members (excludes halogenated alkanes) is 4. The minimum absolute atomic E-state index is 0.635. The second kappa shape index (κ2) is 13.6. The van der Waals surface area contributed by atoms with Crippen LogP contribution in [0, 0.1) is 17.2 Å². The van der Waals surface area contributed by atoms with Gasteiger partial charge in [0.2, 0.25) is 0 Å². The molecule has 0 spiro atoms. The summed E-state index contributed by atoms with van der Waals surface area (Å²) in [5.74, 6) is 1.68. The molecule has 0 fully saturated rings. The van der Waals surface area contributed by atoms with Crippen molar-refractivity contribution in [2.45, 2.75) is 94.9 Å². The van der Waals surface area contributed by atoms with Crippen LogP contribution in [0.2, 0.25) is 29.6 Å². The fourth-order valence-electron chi connectivity index (χ4n) is 3.89. The van der Waals surface area contributed by atoms with Crippen molar-refractivity contribution in [1.29, 1.82) is 5.26 Å². The molecule has 0 N–H and O–H groups in total. The number of nitrogens with zero attached hydrogens (tertiary/aromatic N) is 1. The molecular weight excluding hydrogens is 656 g/mol. The molecule has 6 heteroatoms. The summed E-state index contributed by atoms with van der Waals surface area (Å²) in [4.78, 5) is 17.1. The molecule has 184 valence electrons. The van der Waals surface area contributed by atoms with E-state index < -0.39 is 36.8 Å². The Bertz CT molecular complexity index is 912. The first-order valence-electron chi connectivity index (χ1n) is 12.8. The third-order valence-electron chi connectivity index (χ3n) is 6.14. The second-order valence-electron chi connectivity index (χ2n) is 11.4. The van der Waals surface area contributed by atoms with Gasteiger partial charge in [0, 0.05) is 0 Å². The molecular formula is C27H45NOS2Sn2. The molecule has 0 saturated carbocycles. The molecule has 1 unspecified atom stereocenters. The van der Waals surface area contributed by atoms with Gasteiger partial charge in [-0.25, -0.2) is 0 Å². The van der Waals surface area contributed by atoms with Gasteiger partial charge >= 0.3 is 222 Å². The minimum atomic E-state index is -2.25. The van der Waals surface area contributed by atoms with E-state index in [1.165, 1.54) is 59.1 Å².